The monoisotopic (exact) mass is 349 g/mol. The number of rotatable bonds is 6. The number of hydrogen-bond donors (Lipinski definition) is 1. The van der Waals surface area contributed by atoms with Crippen molar-refractivity contribution in [3.05, 3.63) is 41.1 Å². The second-order valence-corrected chi connectivity index (χ2v) is 8.50. The molecule has 24 heavy (non-hydrogen) atoms. The molecule has 2 aromatic rings. The van der Waals surface area contributed by atoms with Crippen molar-refractivity contribution < 1.29 is 9.15 Å². The SMILES string of the molecule is COc1ccc(-c2ccc(CNC(C)(C)CC(C)(C)C)o2)cc1Cl. The van der Waals surface area contributed by atoms with E-state index in [0.29, 0.717) is 17.3 Å². The third-order valence-corrected chi connectivity index (χ3v) is 4.11. The summed E-state index contributed by atoms with van der Waals surface area (Å²) in [5.41, 5.74) is 1.28. The molecule has 0 atom stereocenters. The molecule has 0 saturated carbocycles. The van der Waals surface area contributed by atoms with Crippen LogP contribution in [-0.4, -0.2) is 12.6 Å². The molecule has 0 radical (unpaired) electrons. The van der Waals surface area contributed by atoms with Crippen LogP contribution in [0.1, 0.15) is 46.8 Å². The van der Waals surface area contributed by atoms with Gasteiger partial charge in [0.05, 0.1) is 18.7 Å². The first-order chi connectivity index (χ1) is 11.1. The topological polar surface area (TPSA) is 34.4 Å². The van der Waals surface area contributed by atoms with Gasteiger partial charge < -0.3 is 14.5 Å². The fourth-order valence-corrected chi connectivity index (χ4v) is 3.42. The van der Waals surface area contributed by atoms with E-state index < -0.39 is 0 Å². The fourth-order valence-electron chi connectivity index (χ4n) is 3.16. The Kier molecular flexibility index (Phi) is 5.67. The summed E-state index contributed by atoms with van der Waals surface area (Å²) in [6.07, 6.45) is 1.08. The van der Waals surface area contributed by atoms with Crippen LogP contribution < -0.4 is 10.1 Å². The van der Waals surface area contributed by atoms with Crippen molar-refractivity contribution >= 4 is 11.6 Å². The lowest BCUT2D eigenvalue weighted by Gasteiger charge is -2.33. The maximum absolute atomic E-state index is 6.19. The van der Waals surface area contributed by atoms with Gasteiger partial charge in [0.25, 0.3) is 0 Å². The van der Waals surface area contributed by atoms with Crippen LogP contribution in [0.5, 0.6) is 5.75 Å². The van der Waals surface area contributed by atoms with E-state index in [0.717, 1.165) is 23.5 Å². The molecular weight excluding hydrogens is 322 g/mol. The lowest BCUT2D eigenvalue weighted by molar-refractivity contribution is 0.236. The minimum absolute atomic E-state index is 0.0502. The van der Waals surface area contributed by atoms with Crippen LogP contribution in [-0.2, 0) is 6.54 Å². The van der Waals surface area contributed by atoms with E-state index in [9.17, 15) is 0 Å². The number of hydrogen-bond acceptors (Lipinski definition) is 3. The number of benzene rings is 1. The van der Waals surface area contributed by atoms with Gasteiger partial charge in [0, 0.05) is 11.1 Å². The zero-order chi connectivity index (χ0) is 18.0. The predicted octanol–water partition coefficient (Wildman–Crippen LogP) is 5.91. The lowest BCUT2D eigenvalue weighted by Crippen LogP contribution is -2.41. The van der Waals surface area contributed by atoms with Crippen molar-refractivity contribution in [1.82, 2.24) is 5.32 Å². The second-order valence-electron chi connectivity index (χ2n) is 8.09. The van der Waals surface area contributed by atoms with Crippen molar-refractivity contribution in [3.63, 3.8) is 0 Å². The molecule has 0 unspecified atom stereocenters. The summed E-state index contributed by atoms with van der Waals surface area (Å²) < 4.78 is 11.1. The Labute approximate surface area is 150 Å². The van der Waals surface area contributed by atoms with E-state index in [4.69, 9.17) is 20.8 Å². The summed E-state index contributed by atoms with van der Waals surface area (Å²) in [7, 11) is 1.61. The Hall–Kier alpha value is -1.45. The third kappa shape index (κ3) is 5.29. The van der Waals surface area contributed by atoms with E-state index in [1.54, 1.807) is 7.11 Å². The standard InChI is InChI=1S/C20H28ClNO2/c1-19(2,3)13-20(4,5)22-12-15-8-10-17(24-15)14-7-9-18(23-6)16(21)11-14/h7-11,22H,12-13H2,1-6H3. The van der Waals surface area contributed by atoms with Crippen molar-refractivity contribution in [2.45, 2.75) is 53.1 Å². The Bertz CT molecular complexity index is 683. The average molecular weight is 350 g/mol. The molecule has 1 aromatic carbocycles. The van der Waals surface area contributed by atoms with Crippen molar-refractivity contribution in [2.24, 2.45) is 5.41 Å². The number of methoxy groups -OCH3 is 1. The minimum atomic E-state index is 0.0502. The van der Waals surface area contributed by atoms with Crippen LogP contribution in [0.2, 0.25) is 5.02 Å². The molecule has 1 heterocycles. The van der Waals surface area contributed by atoms with Gasteiger partial charge in [-0.25, -0.2) is 0 Å². The Morgan fingerprint density at radius 1 is 1.08 bits per heavy atom. The predicted molar refractivity (Wildman–Crippen MR) is 101 cm³/mol. The molecule has 0 fully saturated rings. The largest absolute Gasteiger partial charge is 0.495 e. The first-order valence-electron chi connectivity index (χ1n) is 8.27. The molecule has 132 valence electrons. The lowest BCUT2D eigenvalue weighted by atomic mass is 9.82. The Morgan fingerprint density at radius 2 is 1.79 bits per heavy atom. The number of ether oxygens (including phenoxy) is 1. The quantitative estimate of drug-likeness (QED) is 0.703. The fraction of sp³-hybridized carbons (Fsp3) is 0.500. The number of furan rings is 1. The van der Waals surface area contributed by atoms with Gasteiger partial charge >= 0.3 is 0 Å². The molecule has 1 aromatic heterocycles. The van der Waals surface area contributed by atoms with Gasteiger partial charge in [0.2, 0.25) is 0 Å². The Morgan fingerprint density at radius 3 is 2.38 bits per heavy atom. The van der Waals surface area contributed by atoms with Crippen LogP contribution in [0.25, 0.3) is 11.3 Å². The summed E-state index contributed by atoms with van der Waals surface area (Å²) in [6.45, 7) is 11.9. The van der Waals surface area contributed by atoms with E-state index >= 15 is 0 Å². The van der Waals surface area contributed by atoms with Crippen LogP contribution in [0, 0.1) is 5.41 Å². The molecule has 4 heteroatoms. The van der Waals surface area contributed by atoms with E-state index in [2.05, 4.69) is 39.9 Å². The van der Waals surface area contributed by atoms with E-state index in [-0.39, 0.29) is 11.0 Å². The van der Waals surface area contributed by atoms with Crippen molar-refractivity contribution in [3.8, 4) is 17.1 Å². The van der Waals surface area contributed by atoms with Gasteiger partial charge in [0.1, 0.15) is 17.3 Å². The van der Waals surface area contributed by atoms with E-state index in [1.165, 1.54) is 0 Å². The Balaban J connectivity index is 2.04. The maximum Gasteiger partial charge on any atom is 0.137 e. The number of nitrogens with one attached hydrogen (secondary N) is 1. The summed E-state index contributed by atoms with van der Waals surface area (Å²) in [6, 6.07) is 9.65. The molecular formula is C20H28ClNO2. The van der Waals surface area contributed by atoms with Crippen LogP contribution in [0.4, 0.5) is 0 Å². The van der Waals surface area contributed by atoms with Crippen LogP contribution in [0.3, 0.4) is 0 Å². The first kappa shape index (κ1) is 18.9. The highest BCUT2D eigenvalue weighted by atomic mass is 35.5. The number of halogens is 1. The van der Waals surface area contributed by atoms with Gasteiger partial charge in [-0.3, -0.25) is 0 Å². The van der Waals surface area contributed by atoms with Crippen LogP contribution in [0.15, 0.2) is 34.7 Å². The highest BCUT2D eigenvalue weighted by Gasteiger charge is 2.25. The molecule has 0 aliphatic carbocycles. The molecule has 3 nitrogen and oxygen atoms in total. The van der Waals surface area contributed by atoms with Crippen molar-refractivity contribution in [2.75, 3.05) is 7.11 Å². The molecule has 1 N–H and O–H groups in total. The van der Waals surface area contributed by atoms with Crippen LogP contribution >= 0.6 is 11.6 Å². The van der Waals surface area contributed by atoms with Gasteiger partial charge in [-0.1, -0.05) is 32.4 Å². The first-order valence-corrected chi connectivity index (χ1v) is 8.65. The highest BCUT2D eigenvalue weighted by Crippen LogP contribution is 2.31. The summed E-state index contributed by atoms with van der Waals surface area (Å²) >= 11 is 6.19. The molecule has 2 rings (SSSR count). The third-order valence-electron chi connectivity index (χ3n) is 3.81. The smallest absolute Gasteiger partial charge is 0.137 e. The summed E-state index contributed by atoms with van der Waals surface area (Å²) in [4.78, 5) is 0. The van der Waals surface area contributed by atoms with Gasteiger partial charge in [-0.15, -0.1) is 0 Å². The molecule has 0 aliphatic heterocycles. The summed E-state index contributed by atoms with van der Waals surface area (Å²) in [5, 5.41) is 4.17. The zero-order valence-electron chi connectivity index (χ0n) is 15.5. The summed E-state index contributed by atoms with van der Waals surface area (Å²) in [5.74, 6) is 2.39. The maximum atomic E-state index is 6.19. The highest BCUT2D eigenvalue weighted by molar-refractivity contribution is 6.32. The molecule has 0 amide bonds. The second kappa shape index (κ2) is 7.20. The van der Waals surface area contributed by atoms with Gasteiger partial charge in [-0.2, -0.15) is 0 Å². The molecule has 0 bridgehead atoms. The normalized spacial score (nSPS) is 12.5. The molecule has 0 saturated heterocycles. The zero-order valence-corrected chi connectivity index (χ0v) is 16.3. The van der Waals surface area contributed by atoms with Gasteiger partial charge in [0.15, 0.2) is 0 Å². The van der Waals surface area contributed by atoms with E-state index in [1.807, 2.05) is 30.3 Å². The van der Waals surface area contributed by atoms with Gasteiger partial charge in [-0.05, 0) is 56.0 Å². The molecule has 0 spiro atoms. The van der Waals surface area contributed by atoms with Crippen molar-refractivity contribution in [1.29, 1.82) is 0 Å². The molecule has 0 aliphatic rings. The average Bonchev–Trinajstić information content (AvgIpc) is 2.91. The minimum Gasteiger partial charge on any atom is -0.495 e.